The summed E-state index contributed by atoms with van der Waals surface area (Å²) in [5.74, 6) is -1.94. The van der Waals surface area contributed by atoms with Crippen molar-refractivity contribution in [2.75, 3.05) is 6.54 Å². The highest BCUT2D eigenvalue weighted by Gasteiger charge is 2.17. The summed E-state index contributed by atoms with van der Waals surface area (Å²) in [7, 11) is 0. The van der Waals surface area contributed by atoms with E-state index in [-0.39, 0.29) is 17.9 Å². The van der Waals surface area contributed by atoms with Gasteiger partial charge in [-0.1, -0.05) is 50.2 Å². The fourth-order valence-electron chi connectivity index (χ4n) is 1.97. The molecule has 0 radical (unpaired) electrons. The summed E-state index contributed by atoms with van der Waals surface area (Å²) in [6, 6.07) is 13.7. The summed E-state index contributed by atoms with van der Waals surface area (Å²) in [6.07, 6.45) is -0.384. The van der Waals surface area contributed by atoms with Crippen LogP contribution < -0.4 is 10.1 Å². The fraction of sp³-hybridized carbons (Fsp3) is 0.294. The van der Waals surface area contributed by atoms with E-state index in [1.807, 2.05) is 44.2 Å². The number of nitrogens with one attached hydrogen (secondary N) is 1. The molecule has 2 rings (SSSR count). The minimum absolute atomic E-state index is 0.0746. The fourth-order valence-corrected chi connectivity index (χ4v) is 1.97. The highest BCUT2D eigenvalue weighted by Crippen LogP contribution is 2.25. The molecule has 0 heterocycles. The maximum atomic E-state index is 13.8. The summed E-state index contributed by atoms with van der Waals surface area (Å²) < 4.78 is 32.7. The molecule has 1 N–H and O–H groups in total. The van der Waals surface area contributed by atoms with Gasteiger partial charge in [-0.25, -0.2) is 4.39 Å². The zero-order chi connectivity index (χ0) is 15.2. The first-order chi connectivity index (χ1) is 10.1. The minimum Gasteiger partial charge on any atom is -0.481 e. The third-order valence-corrected chi connectivity index (χ3v) is 3.07. The van der Waals surface area contributed by atoms with Crippen LogP contribution in [0.5, 0.6) is 5.75 Å². The zero-order valence-corrected chi connectivity index (χ0v) is 12.1. The number of rotatable bonds is 6. The van der Waals surface area contributed by atoms with Crippen LogP contribution in [0.15, 0.2) is 48.5 Å². The van der Waals surface area contributed by atoms with Crippen LogP contribution in [0.3, 0.4) is 0 Å². The third-order valence-electron chi connectivity index (χ3n) is 3.07. The Labute approximate surface area is 123 Å². The lowest BCUT2D eigenvalue weighted by Gasteiger charge is -2.21. The number of hydrogen-bond donors (Lipinski definition) is 1. The molecule has 1 unspecified atom stereocenters. The van der Waals surface area contributed by atoms with E-state index in [0.717, 1.165) is 11.6 Å². The van der Waals surface area contributed by atoms with E-state index in [4.69, 9.17) is 4.74 Å². The molecular formula is C17H19F2NO. The standard InChI is InChI=1S/C17H19F2NO/c1-12(2)20-11-16(13-7-4-3-5-8-13)21-15-10-6-9-14(18)17(15)19/h3-10,12,16,20H,11H2,1-2H3. The van der Waals surface area contributed by atoms with Gasteiger partial charge in [0.15, 0.2) is 11.6 Å². The van der Waals surface area contributed by atoms with Gasteiger partial charge in [0.05, 0.1) is 0 Å². The summed E-state index contributed by atoms with van der Waals surface area (Å²) in [5.41, 5.74) is 0.911. The lowest BCUT2D eigenvalue weighted by molar-refractivity contribution is 0.187. The number of hydrogen-bond acceptors (Lipinski definition) is 2. The molecule has 21 heavy (non-hydrogen) atoms. The smallest absolute Gasteiger partial charge is 0.200 e. The highest BCUT2D eigenvalue weighted by atomic mass is 19.2. The Hall–Kier alpha value is -1.94. The van der Waals surface area contributed by atoms with Crippen molar-refractivity contribution in [3.63, 3.8) is 0 Å². The first-order valence-electron chi connectivity index (χ1n) is 6.97. The predicted molar refractivity (Wildman–Crippen MR) is 79.3 cm³/mol. The maximum Gasteiger partial charge on any atom is 0.200 e. The van der Waals surface area contributed by atoms with Crippen molar-refractivity contribution in [1.29, 1.82) is 0 Å². The number of benzene rings is 2. The monoisotopic (exact) mass is 291 g/mol. The minimum atomic E-state index is -0.956. The summed E-state index contributed by atoms with van der Waals surface area (Å²) >= 11 is 0. The molecule has 0 fully saturated rings. The van der Waals surface area contributed by atoms with Gasteiger partial charge in [-0.2, -0.15) is 4.39 Å². The molecule has 0 amide bonds. The van der Waals surface area contributed by atoms with E-state index in [1.54, 1.807) is 0 Å². The summed E-state index contributed by atoms with van der Waals surface area (Å²) in [4.78, 5) is 0. The third kappa shape index (κ3) is 4.26. The van der Waals surface area contributed by atoms with Gasteiger partial charge in [-0.15, -0.1) is 0 Å². The van der Waals surface area contributed by atoms with E-state index < -0.39 is 11.6 Å². The van der Waals surface area contributed by atoms with E-state index >= 15 is 0 Å². The van der Waals surface area contributed by atoms with Gasteiger partial charge < -0.3 is 10.1 Å². The lowest BCUT2D eigenvalue weighted by atomic mass is 10.1. The maximum absolute atomic E-state index is 13.8. The molecule has 2 aromatic carbocycles. The molecule has 4 heteroatoms. The molecule has 112 valence electrons. The Morgan fingerprint density at radius 3 is 2.38 bits per heavy atom. The molecule has 0 saturated carbocycles. The van der Waals surface area contributed by atoms with Crippen molar-refractivity contribution in [3.05, 3.63) is 65.7 Å². The molecule has 1 atom stereocenters. The Balaban J connectivity index is 2.21. The van der Waals surface area contributed by atoms with Crippen molar-refractivity contribution < 1.29 is 13.5 Å². The SMILES string of the molecule is CC(C)NCC(Oc1cccc(F)c1F)c1ccccc1. The normalized spacial score (nSPS) is 12.4. The second-order valence-corrected chi connectivity index (χ2v) is 5.13. The van der Waals surface area contributed by atoms with Crippen LogP contribution in [-0.4, -0.2) is 12.6 Å². The summed E-state index contributed by atoms with van der Waals surface area (Å²) in [6.45, 7) is 4.55. The first-order valence-corrected chi connectivity index (χ1v) is 6.97. The molecule has 2 aromatic rings. The lowest BCUT2D eigenvalue weighted by Crippen LogP contribution is -2.30. The molecule has 0 aliphatic rings. The average molecular weight is 291 g/mol. The number of ether oxygens (including phenoxy) is 1. The molecule has 0 aromatic heterocycles. The van der Waals surface area contributed by atoms with Crippen molar-refractivity contribution in [3.8, 4) is 5.75 Å². The van der Waals surface area contributed by atoms with Gasteiger partial charge in [-0.05, 0) is 17.7 Å². The van der Waals surface area contributed by atoms with E-state index in [0.29, 0.717) is 6.54 Å². The Morgan fingerprint density at radius 1 is 1.00 bits per heavy atom. The summed E-state index contributed by atoms with van der Waals surface area (Å²) in [5, 5.41) is 3.26. The molecule has 0 aliphatic heterocycles. The quantitative estimate of drug-likeness (QED) is 0.865. The Morgan fingerprint density at radius 2 is 1.71 bits per heavy atom. The van der Waals surface area contributed by atoms with Crippen molar-refractivity contribution in [1.82, 2.24) is 5.32 Å². The topological polar surface area (TPSA) is 21.3 Å². The van der Waals surface area contributed by atoms with Gasteiger partial charge in [0.25, 0.3) is 0 Å². The van der Waals surface area contributed by atoms with Crippen molar-refractivity contribution in [2.45, 2.75) is 26.0 Å². The number of halogens is 2. The zero-order valence-electron chi connectivity index (χ0n) is 12.1. The van der Waals surface area contributed by atoms with Gasteiger partial charge >= 0.3 is 0 Å². The molecule has 0 aliphatic carbocycles. The van der Waals surface area contributed by atoms with Crippen molar-refractivity contribution in [2.24, 2.45) is 0 Å². The van der Waals surface area contributed by atoms with Gasteiger partial charge in [0.1, 0.15) is 6.10 Å². The second kappa shape index (κ2) is 7.18. The molecule has 0 bridgehead atoms. The molecule has 0 spiro atoms. The van der Waals surface area contributed by atoms with Gasteiger partial charge in [0, 0.05) is 12.6 Å². The van der Waals surface area contributed by atoms with E-state index in [2.05, 4.69) is 5.32 Å². The second-order valence-electron chi connectivity index (χ2n) is 5.13. The van der Waals surface area contributed by atoms with Crippen LogP contribution in [0.1, 0.15) is 25.5 Å². The van der Waals surface area contributed by atoms with Gasteiger partial charge in [-0.3, -0.25) is 0 Å². The predicted octanol–water partition coefficient (Wildman–Crippen LogP) is 4.08. The van der Waals surface area contributed by atoms with Gasteiger partial charge in [0.2, 0.25) is 5.82 Å². The van der Waals surface area contributed by atoms with Crippen LogP contribution in [0.4, 0.5) is 8.78 Å². The molecular weight excluding hydrogens is 272 g/mol. The van der Waals surface area contributed by atoms with Crippen LogP contribution in [0, 0.1) is 11.6 Å². The van der Waals surface area contributed by atoms with Crippen LogP contribution in [0.25, 0.3) is 0 Å². The average Bonchev–Trinajstić information content (AvgIpc) is 2.48. The van der Waals surface area contributed by atoms with Crippen molar-refractivity contribution >= 4 is 0 Å². The van der Waals surface area contributed by atoms with E-state index in [9.17, 15) is 8.78 Å². The largest absolute Gasteiger partial charge is 0.481 e. The highest BCUT2D eigenvalue weighted by molar-refractivity contribution is 5.27. The Bertz CT molecular complexity index is 572. The van der Waals surface area contributed by atoms with Crippen LogP contribution in [0.2, 0.25) is 0 Å². The molecule has 2 nitrogen and oxygen atoms in total. The molecule has 0 saturated heterocycles. The van der Waals surface area contributed by atoms with E-state index in [1.165, 1.54) is 12.1 Å². The Kier molecular flexibility index (Phi) is 5.28. The first kappa shape index (κ1) is 15.4. The van der Waals surface area contributed by atoms with Crippen LogP contribution in [-0.2, 0) is 0 Å². The van der Waals surface area contributed by atoms with Crippen LogP contribution >= 0.6 is 0 Å².